The molecule has 1 aliphatic heterocycles. The SMILES string of the molecule is CC(C)CNCCC1CCC2(CCCCC2)O1. The molecule has 2 nitrogen and oxygen atoms in total. The Labute approximate surface area is 107 Å². The number of rotatable bonds is 5. The van der Waals surface area contributed by atoms with E-state index in [-0.39, 0.29) is 0 Å². The van der Waals surface area contributed by atoms with E-state index >= 15 is 0 Å². The van der Waals surface area contributed by atoms with Gasteiger partial charge in [-0.25, -0.2) is 0 Å². The predicted molar refractivity (Wildman–Crippen MR) is 72.2 cm³/mol. The quantitative estimate of drug-likeness (QED) is 0.741. The van der Waals surface area contributed by atoms with Crippen LogP contribution in [0.5, 0.6) is 0 Å². The van der Waals surface area contributed by atoms with Crippen molar-refractivity contribution in [2.75, 3.05) is 13.1 Å². The van der Waals surface area contributed by atoms with Gasteiger partial charge in [0, 0.05) is 0 Å². The van der Waals surface area contributed by atoms with E-state index < -0.39 is 0 Å². The molecule has 1 heterocycles. The fourth-order valence-electron chi connectivity index (χ4n) is 3.32. The van der Waals surface area contributed by atoms with Crippen molar-refractivity contribution >= 4 is 0 Å². The molecule has 1 saturated heterocycles. The molecule has 1 saturated carbocycles. The minimum Gasteiger partial charge on any atom is -0.372 e. The third kappa shape index (κ3) is 3.96. The summed E-state index contributed by atoms with van der Waals surface area (Å²) < 4.78 is 6.36. The number of nitrogens with one attached hydrogen (secondary N) is 1. The van der Waals surface area contributed by atoms with Gasteiger partial charge in [0.15, 0.2) is 0 Å². The van der Waals surface area contributed by atoms with Gasteiger partial charge in [0.05, 0.1) is 11.7 Å². The molecule has 1 atom stereocenters. The summed E-state index contributed by atoms with van der Waals surface area (Å²) in [5, 5.41) is 3.52. The zero-order valence-corrected chi connectivity index (χ0v) is 11.6. The van der Waals surface area contributed by atoms with Gasteiger partial charge in [-0.1, -0.05) is 33.1 Å². The summed E-state index contributed by atoms with van der Waals surface area (Å²) in [4.78, 5) is 0. The van der Waals surface area contributed by atoms with Gasteiger partial charge in [-0.15, -0.1) is 0 Å². The number of ether oxygens (including phenoxy) is 1. The van der Waals surface area contributed by atoms with E-state index in [1.165, 1.54) is 51.4 Å². The van der Waals surface area contributed by atoms with Gasteiger partial charge in [0.2, 0.25) is 0 Å². The van der Waals surface area contributed by atoms with Crippen LogP contribution in [0.2, 0.25) is 0 Å². The first kappa shape index (κ1) is 13.4. The molecule has 2 aliphatic rings. The fourth-order valence-corrected chi connectivity index (χ4v) is 3.32. The second kappa shape index (κ2) is 6.19. The van der Waals surface area contributed by atoms with Crippen molar-refractivity contribution in [2.24, 2.45) is 5.92 Å². The lowest BCUT2D eigenvalue weighted by atomic mass is 9.83. The Morgan fingerprint density at radius 1 is 1.18 bits per heavy atom. The Bertz CT molecular complexity index is 221. The summed E-state index contributed by atoms with van der Waals surface area (Å²) in [6.07, 6.45) is 11.2. The molecule has 2 fully saturated rings. The number of hydrogen-bond acceptors (Lipinski definition) is 2. The third-order valence-corrected chi connectivity index (χ3v) is 4.30. The fraction of sp³-hybridized carbons (Fsp3) is 1.00. The van der Waals surface area contributed by atoms with Gasteiger partial charge >= 0.3 is 0 Å². The summed E-state index contributed by atoms with van der Waals surface area (Å²) in [5.74, 6) is 0.754. The molecule has 1 N–H and O–H groups in total. The van der Waals surface area contributed by atoms with Gasteiger partial charge in [0.25, 0.3) is 0 Å². The molecule has 0 aromatic rings. The maximum atomic E-state index is 6.36. The van der Waals surface area contributed by atoms with Gasteiger partial charge < -0.3 is 10.1 Å². The molecule has 0 radical (unpaired) electrons. The highest BCUT2D eigenvalue weighted by Crippen LogP contribution is 2.42. The van der Waals surface area contributed by atoms with E-state index in [2.05, 4.69) is 19.2 Å². The van der Waals surface area contributed by atoms with Gasteiger partial charge in [-0.2, -0.15) is 0 Å². The monoisotopic (exact) mass is 239 g/mol. The minimum atomic E-state index is 0.307. The first-order chi connectivity index (χ1) is 8.20. The van der Waals surface area contributed by atoms with Crippen molar-refractivity contribution in [3.05, 3.63) is 0 Å². The minimum absolute atomic E-state index is 0.307. The first-order valence-electron chi connectivity index (χ1n) is 7.59. The van der Waals surface area contributed by atoms with Crippen molar-refractivity contribution in [3.8, 4) is 0 Å². The lowest BCUT2D eigenvalue weighted by Crippen LogP contribution is -2.32. The predicted octanol–water partition coefficient (Wildman–Crippen LogP) is 3.50. The lowest BCUT2D eigenvalue weighted by Gasteiger charge is -2.33. The standard InChI is InChI=1S/C15H29NO/c1-13(2)12-16-11-7-14-6-10-15(17-14)8-4-3-5-9-15/h13-14,16H,3-12H2,1-2H3. The molecule has 17 heavy (non-hydrogen) atoms. The lowest BCUT2D eigenvalue weighted by molar-refractivity contribution is -0.0652. The van der Waals surface area contributed by atoms with E-state index in [0.717, 1.165) is 19.0 Å². The van der Waals surface area contributed by atoms with Crippen molar-refractivity contribution < 1.29 is 4.74 Å². The van der Waals surface area contributed by atoms with Crippen LogP contribution in [-0.4, -0.2) is 24.8 Å². The van der Waals surface area contributed by atoms with Crippen LogP contribution in [0.3, 0.4) is 0 Å². The van der Waals surface area contributed by atoms with Crippen molar-refractivity contribution in [2.45, 2.75) is 76.9 Å². The van der Waals surface area contributed by atoms with Crippen molar-refractivity contribution in [1.82, 2.24) is 5.32 Å². The molecule has 1 unspecified atom stereocenters. The average Bonchev–Trinajstić information content (AvgIpc) is 2.69. The molecule has 1 aliphatic carbocycles. The summed E-state index contributed by atoms with van der Waals surface area (Å²) >= 11 is 0. The van der Waals surface area contributed by atoms with E-state index in [1.807, 2.05) is 0 Å². The topological polar surface area (TPSA) is 21.3 Å². The van der Waals surface area contributed by atoms with E-state index in [4.69, 9.17) is 4.74 Å². The zero-order chi connectivity index (χ0) is 12.1. The summed E-state index contributed by atoms with van der Waals surface area (Å²) in [7, 11) is 0. The molecule has 0 bridgehead atoms. The van der Waals surface area contributed by atoms with E-state index in [9.17, 15) is 0 Å². The zero-order valence-electron chi connectivity index (χ0n) is 11.6. The van der Waals surface area contributed by atoms with Gasteiger partial charge in [-0.3, -0.25) is 0 Å². The molecule has 100 valence electrons. The Kier molecular flexibility index (Phi) is 4.87. The molecular weight excluding hydrogens is 210 g/mol. The summed E-state index contributed by atoms with van der Waals surface area (Å²) in [6, 6.07) is 0. The van der Waals surface area contributed by atoms with E-state index in [1.54, 1.807) is 0 Å². The molecule has 0 aromatic heterocycles. The average molecular weight is 239 g/mol. The Morgan fingerprint density at radius 2 is 1.94 bits per heavy atom. The second-order valence-electron chi connectivity index (χ2n) is 6.41. The van der Waals surface area contributed by atoms with Gasteiger partial charge in [-0.05, 0) is 51.1 Å². The molecular formula is C15H29NO. The van der Waals surface area contributed by atoms with Crippen LogP contribution in [0.15, 0.2) is 0 Å². The highest BCUT2D eigenvalue weighted by molar-refractivity contribution is 4.91. The second-order valence-corrected chi connectivity index (χ2v) is 6.41. The molecule has 0 amide bonds. The summed E-state index contributed by atoms with van der Waals surface area (Å²) in [5.41, 5.74) is 0.307. The maximum Gasteiger partial charge on any atom is 0.0687 e. The number of hydrogen-bond donors (Lipinski definition) is 1. The maximum absolute atomic E-state index is 6.36. The van der Waals surface area contributed by atoms with Gasteiger partial charge in [0.1, 0.15) is 0 Å². The normalized spacial score (nSPS) is 28.1. The third-order valence-electron chi connectivity index (χ3n) is 4.30. The van der Waals surface area contributed by atoms with Crippen LogP contribution < -0.4 is 5.32 Å². The summed E-state index contributed by atoms with van der Waals surface area (Å²) in [6.45, 7) is 6.78. The molecule has 1 spiro atoms. The molecule has 2 heteroatoms. The smallest absolute Gasteiger partial charge is 0.0687 e. The van der Waals surface area contributed by atoms with E-state index in [0.29, 0.717) is 11.7 Å². The van der Waals surface area contributed by atoms with Crippen molar-refractivity contribution in [1.29, 1.82) is 0 Å². The highest BCUT2D eigenvalue weighted by Gasteiger charge is 2.40. The van der Waals surface area contributed by atoms with Crippen LogP contribution in [0.1, 0.15) is 65.2 Å². The van der Waals surface area contributed by atoms with Crippen LogP contribution >= 0.6 is 0 Å². The largest absolute Gasteiger partial charge is 0.372 e. The Balaban J connectivity index is 1.64. The van der Waals surface area contributed by atoms with Crippen LogP contribution in [0, 0.1) is 5.92 Å². The Hall–Kier alpha value is -0.0800. The van der Waals surface area contributed by atoms with Crippen molar-refractivity contribution in [3.63, 3.8) is 0 Å². The molecule has 2 rings (SSSR count). The molecule has 0 aromatic carbocycles. The van der Waals surface area contributed by atoms with Crippen LogP contribution in [-0.2, 0) is 4.74 Å². The Morgan fingerprint density at radius 3 is 2.65 bits per heavy atom. The van der Waals surface area contributed by atoms with Crippen LogP contribution in [0.25, 0.3) is 0 Å². The van der Waals surface area contributed by atoms with Crippen LogP contribution in [0.4, 0.5) is 0 Å². The first-order valence-corrected chi connectivity index (χ1v) is 7.59. The highest BCUT2D eigenvalue weighted by atomic mass is 16.5.